The van der Waals surface area contributed by atoms with Gasteiger partial charge in [0.1, 0.15) is 23.4 Å². The van der Waals surface area contributed by atoms with Crippen LogP contribution in [-0.2, 0) is 30.8 Å². The largest absolute Gasteiger partial charge is 0.486 e. The fourth-order valence-corrected chi connectivity index (χ4v) is 6.01. The molecular weight excluding hydrogens is 454 g/mol. The molecule has 0 saturated carbocycles. The van der Waals surface area contributed by atoms with E-state index >= 15 is 0 Å². The van der Waals surface area contributed by atoms with E-state index in [1.165, 1.54) is 29.5 Å². The van der Waals surface area contributed by atoms with Crippen LogP contribution in [0.4, 0.5) is 5.00 Å². The fraction of sp³-hybridized carbons (Fsp3) is 0.417. The molecule has 172 valence electrons. The van der Waals surface area contributed by atoms with Gasteiger partial charge in [0.2, 0.25) is 5.91 Å². The quantitative estimate of drug-likeness (QED) is 0.445. The summed E-state index contributed by atoms with van der Waals surface area (Å²) in [6, 6.07) is 11.9. The number of anilines is 1. The molecule has 7 nitrogen and oxygen atoms in total. The van der Waals surface area contributed by atoms with Gasteiger partial charge in [-0.05, 0) is 50.3 Å². The van der Waals surface area contributed by atoms with Crippen molar-refractivity contribution in [2.75, 3.05) is 11.1 Å². The van der Waals surface area contributed by atoms with Crippen molar-refractivity contribution in [1.82, 2.24) is 14.8 Å². The molecule has 33 heavy (non-hydrogen) atoms. The number of amides is 1. The van der Waals surface area contributed by atoms with Crippen LogP contribution in [0.15, 0.2) is 35.5 Å². The lowest BCUT2D eigenvalue weighted by Crippen LogP contribution is -2.15. The summed E-state index contributed by atoms with van der Waals surface area (Å²) in [5.41, 5.74) is 1.78. The number of nitriles is 1. The second-order valence-electron chi connectivity index (χ2n) is 7.82. The number of rotatable bonds is 8. The number of aryl methyl sites for hydroxylation is 1. The smallest absolute Gasteiger partial charge is 0.235 e. The Kier molecular flexibility index (Phi) is 8.02. The van der Waals surface area contributed by atoms with Gasteiger partial charge in [0.05, 0.1) is 11.3 Å². The van der Waals surface area contributed by atoms with Crippen molar-refractivity contribution in [2.24, 2.45) is 0 Å². The van der Waals surface area contributed by atoms with E-state index in [2.05, 4.69) is 21.6 Å². The zero-order valence-electron chi connectivity index (χ0n) is 18.7. The van der Waals surface area contributed by atoms with Crippen molar-refractivity contribution in [3.05, 3.63) is 52.2 Å². The predicted molar refractivity (Wildman–Crippen MR) is 131 cm³/mol. The molecule has 1 N–H and O–H groups in total. The van der Waals surface area contributed by atoms with Crippen molar-refractivity contribution in [1.29, 1.82) is 5.26 Å². The summed E-state index contributed by atoms with van der Waals surface area (Å²) in [6.07, 6.45) is 6.60. The lowest BCUT2D eigenvalue weighted by atomic mass is 9.97. The second kappa shape index (κ2) is 11.3. The molecule has 9 heteroatoms. The SMILES string of the molecule is CCn1c(COc2ccccc2)nnc1SCC(=O)Nc1sc2c(c1C#N)CCCCCC2. The molecule has 2 heterocycles. The fourth-order valence-electron chi connectivity index (χ4n) is 3.93. The number of fused-ring (bicyclic) bond motifs is 1. The summed E-state index contributed by atoms with van der Waals surface area (Å²) < 4.78 is 7.75. The molecule has 1 amide bonds. The molecule has 0 spiro atoms. The molecule has 1 aliphatic rings. The van der Waals surface area contributed by atoms with E-state index in [-0.39, 0.29) is 11.7 Å². The molecule has 1 aromatic carbocycles. The van der Waals surface area contributed by atoms with Gasteiger partial charge in [-0.15, -0.1) is 21.5 Å². The molecule has 2 aromatic heterocycles. The van der Waals surface area contributed by atoms with Crippen LogP contribution < -0.4 is 10.1 Å². The van der Waals surface area contributed by atoms with E-state index in [9.17, 15) is 10.1 Å². The molecule has 0 aliphatic heterocycles. The molecule has 4 rings (SSSR count). The number of carbonyl (C=O) groups is 1. The number of aromatic nitrogens is 3. The van der Waals surface area contributed by atoms with Crippen LogP contribution in [0, 0.1) is 11.3 Å². The number of nitrogens with one attached hydrogen (secondary N) is 1. The number of benzene rings is 1. The zero-order chi connectivity index (χ0) is 23.0. The van der Waals surface area contributed by atoms with Gasteiger partial charge in [0, 0.05) is 11.4 Å². The Hall–Kier alpha value is -2.83. The Morgan fingerprint density at radius 3 is 2.76 bits per heavy atom. The number of thiophene rings is 1. The highest BCUT2D eigenvalue weighted by Gasteiger charge is 2.21. The van der Waals surface area contributed by atoms with Gasteiger partial charge in [-0.3, -0.25) is 4.79 Å². The summed E-state index contributed by atoms with van der Waals surface area (Å²) >= 11 is 2.90. The third-order valence-corrected chi connectivity index (χ3v) is 7.76. The van der Waals surface area contributed by atoms with E-state index in [0.29, 0.717) is 34.7 Å². The molecule has 0 atom stereocenters. The second-order valence-corrected chi connectivity index (χ2v) is 9.86. The van der Waals surface area contributed by atoms with Crippen LogP contribution >= 0.6 is 23.1 Å². The van der Waals surface area contributed by atoms with Crippen LogP contribution in [0.1, 0.15) is 54.4 Å². The van der Waals surface area contributed by atoms with Crippen LogP contribution in [0.2, 0.25) is 0 Å². The van der Waals surface area contributed by atoms with Crippen molar-refractivity contribution in [3.63, 3.8) is 0 Å². The van der Waals surface area contributed by atoms with Crippen LogP contribution in [-0.4, -0.2) is 26.4 Å². The van der Waals surface area contributed by atoms with Gasteiger partial charge >= 0.3 is 0 Å². The molecule has 0 fully saturated rings. The average molecular weight is 482 g/mol. The summed E-state index contributed by atoms with van der Waals surface area (Å²) in [6.45, 7) is 3.00. The van der Waals surface area contributed by atoms with Crippen LogP contribution in [0.5, 0.6) is 5.75 Å². The molecule has 0 saturated heterocycles. The summed E-state index contributed by atoms with van der Waals surface area (Å²) in [4.78, 5) is 14.0. The third-order valence-electron chi connectivity index (χ3n) is 5.59. The minimum atomic E-state index is -0.140. The standard InChI is InChI=1S/C24H27N5O2S2/c1-2-29-21(15-31-17-10-6-5-7-11-17)27-28-24(29)32-16-22(30)26-23-19(14-25)18-12-8-3-4-9-13-20(18)33-23/h5-7,10-11H,2-4,8-9,12-13,15-16H2,1H3,(H,26,30). The van der Waals surface area contributed by atoms with Crippen LogP contribution in [0.3, 0.4) is 0 Å². The summed E-state index contributed by atoms with van der Waals surface area (Å²) in [5, 5.41) is 22.6. The first kappa shape index (κ1) is 23.3. The van der Waals surface area contributed by atoms with E-state index in [0.717, 1.165) is 37.0 Å². The number of hydrogen-bond donors (Lipinski definition) is 1. The minimum absolute atomic E-state index is 0.140. The van der Waals surface area contributed by atoms with Crippen molar-refractivity contribution in [2.45, 2.75) is 63.8 Å². The maximum atomic E-state index is 12.7. The minimum Gasteiger partial charge on any atom is -0.486 e. The van der Waals surface area contributed by atoms with E-state index in [4.69, 9.17) is 4.74 Å². The maximum absolute atomic E-state index is 12.7. The Morgan fingerprint density at radius 1 is 1.21 bits per heavy atom. The molecule has 0 unspecified atom stereocenters. The monoisotopic (exact) mass is 481 g/mol. The first-order valence-corrected chi connectivity index (χ1v) is 13.1. The predicted octanol–water partition coefficient (Wildman–Crippen LogP) is 5.20. The third kappa shape index (κ3) is 5.75. The Labute approximate surface area is 202 Å². The van der Waals surface area contributed by atoms with Gasteiger partial charge in [-0.1, -0.05) is 42.8 Å². The van der Waals surface area contributed by atoms with Crippen molar-refractivity contribution in [3.8, 4) is 11.8 Å². The molecule has 1 aliphatic carbocycles. The molecular formula is C24H27N5O2S2. The lowest BCUT2D eigenvalue weighted by Gasteiger charge is -2.09. The maximum Gasteiger partial charge on any atom is 0.235 e. The molecule has 3 aromatic rings. The Bertz CT molecular complexity index is 1130. The topological polar surface area (TPSA) is 92.8 Å². The zero-order valence-corrected chi connectivity index (χ0v) is 20.3. The molecule has 0 radical (unpaired) electrons. The highest BCUT2D eigenvalue weighted by Crippen LogP contribution is 2.36. The van der Waals surface area contributed by atoms with Crippen molar-refractivity contribution >= 4 is 34.0 Å². The number of ether oxygens (including phenoxy) is 1. The first-order chi connectivity index (χ1) is 16.2. The first-order valence-electron chi connectivity index (χ1n) is 11.3. The molecule has 0 bridgehead atoms. The van der Waals surface area contributed by atoms with E-state index in [1.807, 2.05) is 41.8 Å². The Balaban J connectivity index is 1.38. The average Bonchev–Trinajstić information content (AvgIpc) is 3.36. The van der Waals surface area contributed by atoms with Crippen molar-refractivity contribution < 1.29 is 9.53 Å². The number of nitrogens with zero attached hydrogens (tertiary/aromatic N) is 4. The van der Waals surface area contributed by atoms with Crippen LogP contribution in [0.25, 0.3) is 0 Å². The van der Waals surface area contributed by atoms with Gasteiger partial charge in [-0.2, -0.15) is 5.26 Å². The highest BCUT2D eigenvalue weighted by molar-refractivity contribution is 7.99. The highest BCUT2D eigenvalue weighted by atomic mass is 32.2. The van der Waals surface area contributed by atoms with E-state index < -0.39 is 0 Å². The lowest BCUT2D eigenvalue weighted by molar-refractivity contribution is -0.113. The Morgan fingerprint density at radius 2 is 2.00 bits per heavy atom. The van der Waals surface area contributed by atoms with Gasteiger partial charge < -0.3 is 14.6 Å². The van der Waals surface area contributed by atoms with Gasteiger partial charge in [0.15, 0.2) is 11.0 Å². The van der Waals surface area contributed by atoms with Gasteiger partial charge in [-0.25, -0.2) is 0 Å². The number of thioether (sulfide) groups is 1. The summed E-state index contributed by atoms with van der Waals surface area (Å²) in [7, 11) is 0. The number of hydrogen-bond acceptors (Lipinski definition) is 7. The van der Waals surface area contributed by atoms with Gasteiger partial charge in [0.25, 0.3) is 0 Å². The van der Waals surface area contributed by atoms with E-state index in [1.54, 1.807) is 11.3 Å². The number of para-hydroxylation sites is 1. The number of carbonyl (C=O) groups excluding carboxylic acids is 1. The normalized spacial score (nSPS) is 13.5. The summed E-state index contributed by atoms with van der Waals surface area (Å²) in [5.74, 6) is 1.55.